The van der Waals surface area contributed by atoms with Crippen molar-refractivity contribution < 1.29 is 23.9 Å². The molecule has 2 aromatic rings. The van der Waals surface area contributed by atoms with Gasteiger partial charge in [-0.2, -0.15) is 0 Å². The van der Waals surface area contributed by atoms with E-state index in [9.17, 15) is 14.4 Å². The van der Waals surface area contributed by atoms with Gasteiger partial charge in [-0.05, 0) is 74.1 Å². The summed E-state index contributed by atoms with van der Waals surface area (Å²) in [5.41, 5.74) is 1.05. The van der Waals surface area contributed by atoms with Crippen LogP contribution in [0.25, 0.3) is 0 Å². The van der Waals surface area contributed by atoms with Gasteiger partial charge < -0.3 is 25.0 Å². The number of piperidine rings is 1. The highest BCUT2D eigenvalue weighted by molar-refractivity contribution is 5.98. The highest BCUT2D eigenvalue weighted by atomic mass is 16.5. The molecule has 2 aliphatic rings. The van der Waals surface area contributed by atoms with E-state index < -0.39 is 6.04 Å². The standard InChI is InChI=1S/C26H31N3O5/c1-33-21-10-6-18(7-11-21)24(30)28-23(25(31)27-20-8-9-20)17-12-14-29(15-13-17)26(32)19-4-3-5-22(16-19)34-2/h3-7,10-11,16-17,20,23H,8-9,12-15H2,1-2H3,(H,27,31)(H,28,30)/t23-/m1/s1. The third-order valence-corrected chi connectivity index (χ3v) is 6.46. The van der Waals surface area contributed by atoms with Crippen LogP contribution in [0.1, 0.15) is 46.4 Å². The van der Waals surface area contributed by atoms with E-state index >= 15 is 0 Å². The SMILES string of the molecule is COc1ccc(C(=O)N[C@@H](C(=O)NC2CC2)C2CCN(C(=O)c3cccc(OC)c3)CC2)cc1. The monoisotopic (exact) mass is 465 g/mol. The molecule has 1 aliphatic heterocycles. The van der Waals surface area contributed by atoms with E-state index in [0.29, 0.717) is 48.6 Å². The average Bonchev–Trinajstić information content (AvgIpc) is 3.70. The molecule has 2 fully saturated rings. The molecule has 3 amide bonds. The number of nitrogens with one attached hydrogen (secondary N) is 2. The minimum absolute atomic E-state index is 0.0569. The average molecular weight is 466 g/mol. The molecule has 180 valence electrons. The third-order valence-electron chi connectivity index (χ3n) is 6.46. The van der Waals surface area contributed by atoms with Crippen molar-refractivity contribution in [3.63, 3.8) is 0 Å². The van der Waals surface area contributed by atoms with Crippen LogP contribution >= 0.6 is 0 Å². The first-order valence-electron chi connectivity index (χ1n) is 11.7. The van der Waals surface area contributed by atoms with Gasteiger partial charge in [0.15, 0.2) is 0 Å². The Kier molecular flexibility index (Phi) is 7.35. The molecule has 1 saturated heterocycles. The van der Waals surface area contributed by atoms with Gasteiger partial charge in [0.1, 0.15) is 17.5 Å². The van der Waals surface area contributed by atoms with Crippen LogP contribution in [0.4, 0.5) is 0 Å². The number of rotatable bonds is 8. The first kappa shape index (κ1) is 23.6. The Hall–Kier alpha value is -3.55. The smallest absolute Gasteiger partial charge is 0.253 e. The van der Waals surface area contributed by atoms with Crippen molar-refractivity contribution in [3.05, 3.63) is 59.7 Å². The normalized spacial score (nSPS) is 16.9. The van der Waals surface area contributed by atoms with Crippen LogP contribution < -0.4 is 20.1 Å². The van der Waals surface area contributed by atoms with Crippen LogP contribution in [0.2, 0.25) is 0 Å². The summed E-state index contributed by atoms with van der Waals surface area (Å²) in [6, 6.07) is 13.5. The first-order valence-corrected chi connectivity index (χ1v) is 11.7. The van der Waals surface area contributed by atoms with E-state index in [1.165, 1.54) is 0 Å². The summed E-state index contributed by atoms with van der Waals surface area (Å²) >= 11 is 0. The lowest BCUT2D eigenvalue weighted by atomic mass is 9.88. The van der Waals surface area contributed by atoms with Gasteiger partial charge in [0.05, 0.1) is 14.2 Å². The maximum absolute atomic E-state index is 13.0. The zero-order valence-corrected chi connectivity index (χ0v) is 19.6. The molecule has 2 aromatic carbocycles. The Morgan fingerprint density at radius 3 is 2.18 bits per heavy atom. The number of nitrogens with zero attached hydrogens (tertiary/aromatic N) is 1. The Morgan fingerprint density at radius 2 is 1.56 bits per heavy atom. The van der Waals surface area contributed by atoms with E-state index in [2.05, 4.69) is 10.6 Å². The predicted octanol–water partition coefficient (Wildman–Crippen LogP) is 2.63. The molecule has 4 rings (SSSR count). The maximum atomic E-state index is 13.0. The number of carbonyl (C=O) groups excluding carboxylic acids is 3. The molecule has 34 heavy (non-hydrogen) atoms. The Morgan fingerprint density at radius 1 is 0.882 bits per heavy atom. The Balaban J connectivity index is 1.41. The summed E-state index contributed by atoms with van der Waals surface area (Å²) in [5.74, 6) is 0.732. The second-order valence-electron chi connectivity index (χ2n) is 8.82. The lowest BCUT2D eigenvalue weighted by molar-refractivity contribution is -0.124. The van der Waals surface area contributed by atoms with Gasteiger partial charge in [0, 0.05) is 30.3 Å². The van der Waals surface area contributed by atoms with Gasteiger partial charge in [-0.1, -0.05) is 6.07 Å². The number of likely N-dealkylation sites (tertiary alicyclic amines) is 1. The molecular formula is C26H31N3O5. The van der Waals surface area contributed by atoms with E-state index in [0.717, 1.165) is 12.8 Å². The summed E-state index contributed by atoms with van der Waals surface area (Å²) in [6.45, 7) is 1.04. The van der Waals surface area contributed by atoms with Crippen LogP contribution in [-0.4, -0.2) is 62.0 Å². The minimum Gasteiger partial charge on any atom is -0.497 e. The maximum Gasteiger partial charge on any atom is 0.253 e. The highest BCUT2D eigenvalue weighted by Crippen LogP contribution is 2.25. The number of hydrogen-bond donors (Lipinski definition) is 2. The molecule has 1 heterocycles. The van der Waals surface area contributed by atoms with Crippen molar-refractivity contribution in [2.24, 2.45) is 5.92 Å². The van der Waals surface area contributed by atoms with Crippen LogP contribution in [0.5, 0.6) is 11.5 Å². The van der Waals surface area contributed by atoms with Crippen LogP contribution in [0.3, 0.4) is 0 Å². The minimum atomic E-state index is -0.649. The highest BCUT2D eigenvalue weighted by Gasteiger charge is 2.36. The lowest BCUT2D eigenvalue weighted by Gasteiger charge is -2.36. The van der Waals surface area contributed by atoms with Crippen LogP contribution in [0, 0.1) is 5.92 Å². The van der Waals surface area contributed by atoms with Crippen molar-refractivity contribution in [1.29, 1.82) is 0 Å². The number of amides is 3. The molecule has 1 atom stereocenters. The number of benzene rings is 2. The summed E-state index contributed by atoms with van der Waals surface area (Å²) in [6.07, 6.45) is 3.19. The first-order chi connectivity index (χ1) is 16.5. The van der Waals surface area contributed by atoms with Gasteiger partial charge >= 0.3 is 0 Å². The largest absolute Gasteiger partial charge is 0.497 e. The number of methoxy groups -OCH3 is 2. The number of carbonyl (C=O) groups is 3. The molecule has 1 aliphatic carbocycles. The molecular weight excluding hydrogens is 434 g/mol. The topological polar surface area (TPSA) is 97.0 Å². The summed E-state index contributed by atoms with van der Waals surface area (Å²) in [4.78, 5) is 40.7. The molecule has 0 radical (unpaired) electrons. The molecule has 1 saturated carbocycles. The summed E-state index contributed by atoms with van der Waals surface area (Å²) < 4.78 is 10.4. The number of hydrogen-bond acceptors (Lipinski definition) is 5. The van der Waals surface area contributed by atoms with Gasteiger partial charge in [0.2, 0.25) is 5.91 Å². The van der Waals surface area contributed by atoms with E-state index in [-0.39, 0.29) is 29.7 Å². The zero-order valence-electron chi connectivity index (χ0n) is 19.6. The van der Waals surface area contributed by atoms with Gasteiger partial charge in [-0.25, -0.2) is 0 Å². The molecule has 0 aromatic heterocycles. The molecule has 2 N–H and O–H groups in total. The van der Waals surface area contributed by atoms with Gasteiger partial charge in [-0.3, -0.25) is 14.4 Å². The second-order valence-corrected chi connectivity index (χ2v) is 8.82. The zero-order chi connectivity index (χ0) is 24.1. The third kappa shape index (κ3) is 5.68. The Labute approximate surface area is 199 Å². The number of ether oxygens (including phenoxy) is 2. The van der Waals surface area contributed by atoms with Gasteiger partial charge in [-0.15, -0.1) is 0 Å². The van der Waals surface area contributed by atoms with Gasteiger partial charge in [0.25, 0.3) is 11.8 Å². The van der Waals surface area contributed by atoms with E-state index in [1.54, 1.807) is 67.7 Å². The fourth-order valence-electron chi connectivity index (χ4n) is 4.26. The predicted molar refractivity (Wildman–Crippen MR) is 127 cm³/mol. The van der Waals surface area contributed by atoms with Crippen molar-refractivity contribution in [2.45, 2.75) is 37.8 Å². The van der Waals surface area contributed by atoms with E-state index in [4.69, 9.17) is 9.47 Å². The fourth-order valence-corrected chi connectivity index (χ4v) is 4.26. The van der Waals surface area contributed by atoms with E-state index in [1.807, 2.05) is 0 Å². The fraction of sp³-hybridized carbons (Fsp3) is 0.423. The lowest BCUT2D eigenvalue weighted by Crippen LogP contribution is -2.54. The van der Waals surface area contributed by atoms with Crippen LogP contribution in [-0.2, 0) is 4.79 Å². The van der Waals surface area contributed by atoms with Crippen molar-refractivity contribution in [3.8, 4) is 11.5 Å². The van der Waals surface area contributed by atoms with Crippen molar-refractivity contribution in [1.82, 2.24) is 15.5 Å². The van der Waals surface area contributed by atoms with Crippen molar-refractivity contribution in [2.75, 3.05) is 27.3 Å². The van der Waals surface area contributed by atoms with Crippen molar-refractivity contribution >= 4 is 17.7 Å². The molecule has 8 nitrogen and oxygen atoms in total. The summed E-state index contributed by atoms with van der Waals surface area (Å²) in [5, 5.41) is 5.98. The molecule has 0 bridgehead atoms. The molecule has 0 unspecified atom stereocenters. The summed E-state index contributed by atoms with van der Waals surface area (Å²) in [7, 11) is 3.14. The second kappa shape index (κ2) is 10.6. The molecule has 0 spiro atoms. The molecule has 8 heteroatoms. The Bertz CT molecular complexity index is 1030. The van der Waals surface area contributed by atoms with Crippen LogP contribution in [0.15, 0.2) is 48.5 Å². The quantitative estimate of drug-likeness (QED) is 0.625.